The first-order chi connectivity index (χ1) is 7.78. The Balaban J connectivity index is 2.08. The van der Waals surface area contributed by atoms with Crippen LogP contribution in [0.2, 0.25) is 5.02 Å². The maximum atomic E-state index is 5.84. The Hall–Kier alpha value is -1.26. The standard InChI is InChI=1S/C10H9Cl2N3O/c11-5-4-9-14-15-10(16-9)13-8-3-1-2-7(12)6-8/h1-3,6H,4-5H2,(H,13,15). The van der Waals surface area contributed by atoms with Crippen molar-refractivity contribution in [1.29, 1.82) is 0 Å². The quantitative estimate of drug-likeness (QED) is 0.855. The van der Waals surface area contributed by atoms with Gasteiger partial charge in [0.05, 0.1) is 0 Å². The van der Waals surface area contributed by atoms with Gasteiger partial charge in [0.15, 0.2) is 0 Å². The molecule has 2 aromatic rings. The molecule has 0 saturated carbocycles. The van der Waals surface area contributed by atoms with Crippen molar-refractivity contribution >= 4 is 34.9 Å². The first kappa shape index (κ1) is 11.2. The molecule has 0 unspecified atom stereocenters. The molecule has 0 fully saturated rings. The van der Waals surface area contributed by atoms with Crippen molar-refractivity contribution in [2.75, 3.05) is 11.2 Å². The van der Waals surface area contributed by atoms with E-state index in [9.17, 15) is 0 Å². The normalized spacial score (nSPS) is 10.4. The molecule has 0 saturated heterocycles. The third kappa shape index (κ3) is 2.87. The number of halogens is 2. The zero-order chi connectivity index (χ0) is 11.4. The van der Waals surface area contributed by atoms with Gasteiger partial charge in [-0.05, 0) is 18.2 Å². The monoisotopic (exact) mass is 257 g/mol. The molecule has 6 heteroatoms. The lowest BCUT2D eigenvalue weighted by Crippen LogP contribution is -1.89. The third-order valence-corrected chi connectivity index (χ3v) is 2.28. The van der Waals surface area contributed by atoms with Crippen LogP contribution < -0.4 is 5.32 Å². The van der Waals surface area contributed by atoms with Crippen LogP contribution >= 0.6 is 23.2 Å². The fraction of sp³-hybridized carbons (Fsp3) is 0.200. The molecule has 4 nitrogen and oxygen atoms in total. The zero-order valence-corrected chi connectivity index (χ0v) is 9.79. The van der Waals surface area contributed by atoms with Gasteiger partial charge in [-0.1, -0.05) is 22.8 Å². The van der Waals surface area contributed by atoms with Crippen molar-refractivity contribution in [2.24, 2.45) is 0 Å². The van der Waals surface area contributed by atoms with Crippen LogP contribution in [0.3, 0.4) is 0 Å². The number of aryl methyl sites for hydroxylation is 1. The minimum atomic E-state index is 0.336. The Morgan fingerprint density at radius 2 is 2.19 bits per heavy atom. The van der Waals surface area contributed by atoms with Gasteiger partial charge in [0.1, 0.15) is 0 Å². The van der Waals surface area contributed by atoms with Gasteiger partial charge >= 0.3 is 6.01 Å². The summed E-state index contributed by atoms with van der Waals surface area (Å²) in [6.07, 6.45) is 0.561. The topological polar surface area (TPSA) is 51.0 Å². The molecule has 2 rings (SSSR count). The summed E-state index contributed by atoms with van der Waals surface area (Å²) in [5.41, 5.74) is 0.800. The smallest absolute Gasteiger partial charge is 0.320 e. The molecule has 84 valence electrons. The lowest BCUT2D eigenvalue weighted by Gasteiger charge is -2.00. The van der Waals surface area contributed by atoms with E-state index in [1.165, 1.54) is 0 Å². The molecule has 1 aromatic heterocycles. The molecule has 1 heterocycles. The summed E-state index contributed by atoms with van der Waals surface area (Å²) in [6.45, 7) is 0. The molecule has 0 aliphatic rings. The Bertz CT molecular complexity index is 473. The van der Waals surface area contributed by atoms with Gasteiger partial charge in [0.2, 0.25) is 5.89 Å². The summed E-state index contributed by atoms with van der Waals surface area (Å²) in [4.78, 5) is 0. The van der Waals surface area contributed by atoms with Crippen LogP contribution in [-0.2, 0) is 6.42 Å². The second-order valence-electron chi connectivity index (χ2n) is 3.08. The highest BCUT2D eigenvalue weighted by atomic mass is 35.5. The van der Waals surface area contributed by atoms with Gasteiger partial charge in [-0.2, -0.15) is 0 Å². The number of alkyl halides is 1. The van der Waals surface area contributed by atoms with Gasteiger partial charge in [-0.25, -0.2) is 0 Å². The molecule has 0 atom stereocenters. The van der Waals surface area contributed by atoms with E-state index < -0.39 is 0 Å². The minimum absolute atomic E-state index is 0.336. The largest absolute Gasteiger partial charge is 0.408 e. The Morgan fingerprint density at radius 3 is 2.94 bits per heavy atom. The van der Waals surface area contributed by atoms with E-state index in [0.717, 1.165) is 5.69 Å². The van der Waals surface area contributed by atoms with Crippen LogP contribution in [0.4, 0.5) is 11.7 Å². The van der Waals surface area contributed by atoms with E-state index in [4.69, 9.17) is 27.6 Å². The highest BCUT2D eigenvalue weighted by Gasteiger charge is 2.05. The van der Waals surface area contributed by atoms with E-state index in [1.54, 1.807) is 12.1 Å². The maximum Gasteiger partial charge on any atom is 0.320 e. The van der Waals surface area contributed by atoms with Crippen LogP contribution in [0.1, 0.15) is 5.89 Å². The molecule has 1 N–H and O–H groups in total. The van der Waals surface area contributed by atoms with Crippen LogP contribution in [-0.4, -0.2) is 16.1 Å². The van der Waals surface area contributed by atoms with Crippen molar-refractivity contribution in [2.45, 2.75) is 6.42 Å². The van der Waals surface area contributed by atoms with Gasteiger partial charge in [-0.15, -0.1) is 16.7 Å². The molecule has 0 aliphatic heterocycles. The van der Waals surface area contributed by atoms with Crippen molar-refractivity contribution in [3.05, 3.63) is 35.2 Å². The number of nitrogens with zero attached hydrogens (tertiary/aromatic N) is 2. The first-order valence-electron chi connectivity index (χ1n) is 4.69. The fourth-order valence-corrected chi connectivity index (χ4v) is 1.53. The number of hydrogen-bond acceptors (Lipinski definition) is 4. The molecule has 0 bridgehead atoms. The summed E-state index contributed by atoms with van der Waals surface area (Å²) in [7, 11) is 0. The predicted molar refractivity (Wildman–Crippen MR) is 63.5 cm³/mol. The Kier molecular flexibility index (Phi) is 3.64. The maximum absolute atomic E-state index is 5.84. The lowest BCUT2D eigenvalue weighted by molar-refractivity contribution is 0.516. The van der Waals surface area contributed by atoms with Crippen molar-refractivity contribution in [1.82, 2.24) is 10.2 Å². The number of nitrogens with one attached hydrogen (secondary N) is 1. The van der Waals surface area contributed by atoms with Gasteiger partial charge in [0.25, 0.3) is 0 Å². The predicted octanol–water partition coefficient (Wildman–Crippen LogP) is 3.25. The zero-order valence-electron chi connectivity index (χ0n) is 8.28. The van der Waals surface area contributed by atoms with Crippen LogP contribution in [0, 0.1) is 0 Å². The highest BCUT2D eigenvalue weighted by Crippen LogP contribution is 2.19. The van der Waals surface area contributed by atoms with Crippen LogP contribution in [0.25, 0.3) is 0 Å². The third-order valence-electron chi connectivity index (χ3n) is 1.85. The minimum Gasteiger partial charge on any atom is -0.408 e. The number of anilines is 2. The fourth-order valence-electron chi connectivity index (χ4n) is 1.18. The number of aromatic nitrogens is 2. The first-order valence-corrected chi connectivity index (χ1v) is 5.60. The van der Waals surface area contributed by atoms with E-state index in [0.29, 0.717) is 29.2 Å². The molecular weight excluding hydrogens is 249 g/mol. The molecule has 0 aliphatic carbocycles. The summed E-state index contributed by atoms with van der Waals surface area (Å²) < 4.78 is 5.31. The second kappa shape index (κ2) is 5.18. The van der Waals surface area contributed by atoms with Gasteiger partial charge in [-0.3, -0.25) is 0 Å². The molecule has 0 spiro atoms. The van der Waals surface area contributed by atoms with Gasteiger partial charge in [0, 0.05) is 23.0 Å². The molecular formula is C10H9Cl2N3O. The van der Waals surface area contributed by atoms with E-state index in [-0.39, 0.29) is 0 Å². The van der Waals surface area contributed by atoms with E-state index >= 15 is 0 Å². The average Bonchev–Trinajstić information content (AvgIpc) is 2.66. The Morgan fingerprint density at radius 1 is 1.31 bits per heavy atom. The second-order valence-corrected chi connectivity index (χ2v) is 3.89. The molecule has 1 aromatic carbocycles. The average molecular weight is 258 g/mol. The summed E-state index contributed by atoms with van der Waals surface area (Å²) in [5, 5.41) is 11.3. The van der Waals surface area contributed by atoms with Gasteiger partial charge < -0.3 is 9.73 Å². The van der Waals surface area contributed by atoms with Crippen LogP contribution in [0.15, 0.2) is 28.7 Å². The number of hydrogen-bond donors (Lipinski definition) is 1. The Labute approximate surface area is 103 Å². The van der Waals surface area contributed by atoms with Crippen molar-refractivity contribution in [3.63, 3.8) is 0 Å². The molecule has 16 heavy (non-hydrogen) atoms. The van der Waals surface area contributed by atoms with Crippen molar-refractivity contribution in [3.8, 4) is 0 Å². The van der Waals surface area contributed by atoms with Crippen LogP contribution in [0.5, 0.6) is 0 Å². The molecule has 0 amide bonds. The summed E-state index contributed by atoms with van der Waals surface area (Å²) >= 11 is 11.4. The van der Waals surface area contributed by atoms with Crippen molar-refractivity contribution < 1.29 is 4.42 Å². The number of benzene rings is 1. The summed E-state index contributed by atoms with van der Waals surface area (Å²) in [6, 6.07) is 7.59. The van der Waals surface area contributed by atoms with E-state index in [1.807, 2.05) is 12.1 Å². The summed E-state index contributed by atoms with van der Waals surface area (Å²) in [5.74, 6) is 0.971. The highest BCUT2D eigenvalue weighted by molar-refractivity contribution is 6.30. The molecule has 0 radical (unpaired) electrons. The number of rotatable bonds is 4. The SMILES string of the molecule is ClCCc1nnc(Nc2cccc(Cl)c2)o1. The van der Waals surface area contributed by atoms with E-state index in [2.05, 4.69) is 15.5 Å². The lowest BCUT2D eigenvalue weighted by atomic mass is 10.3.